The summed E-state index contributed by atoms with van der Waals surface area (Å²) in [6.07, 6.45) is 4.18. The van der Waals surface area contributed by atoms with Crippen molar-refractivity contribution >= 4 is 17.6 Å². The van der Waals surface area contributed by atoms with Gasteiger partial charge in [-0.05, 0) is 50.1 Å². The number of hydrogen-bond acceptors (Lipinski definition) is 3. The largest absolute Gasteiger partial charge is 0.496 e. The Labute approximate surface area is 161 Å². The molecule has 1 N–H and O–H groups in total. The van der Waals surface area contributed by atoms with Crippen molar-refractivity contribution < 1.29 is 9.53 Å². The van der Waals surface area contributed by atoms with E-state index in [4.69, 9.17) is 4.74 Å². The molecular formula is C23H28N2O2. The zero-order valence-electron chi connectivity index (χ0n) is 16.2. The molecule has 1 unspecified atom stereocenters. The number of rotatable bonds is 6. The summed E-state index contributed by atoms with van der Waals surface area (Å²) < 4.78 is 5.48. The van der Waals surface area contributed by atoms with E-state index in [1.807, 2.05) is 72.6 Å². The Bertz CT molecular complexity index is 784. The quantitative estimate of drug-likeness (QED) is 0.628. The van der Waals surface area contributed by atoms with Gasteiger partial charge in [0.2, 0.25) is 0 Å². The summed E-state index contributed by atoms with van der Waals surface area (Å²) in [4.78, 5) is 15.4. The maximum absolute atomic E-state index is 13.4. The Morgan fingerprint density at radius 1 is 1.19 bits per heavy atom. The molecule has 2 aromatic carbocycles. The molecule has 4 nitrogen and oxygen atoms in total. The van der Waals surface area contributed by atoms with Crippen LogP contribution in [0.15, 0.2) is 54.6 Å². The van der Waals surface area contributed by atoms with Crippen molar-refractivity contribution in [2.75, 3.05) is 33.8 Å². The fourth-order valence-electron chi connectivity index (χ4n) is 3.70. The van der Waals surface area contributed by atoms with Crippen molar-refractivity contribution in [1.29, 1.82) is 0 Å². The second-order valence-corrected chi connectivity index (χ2v) is 6.98. The second-order valence-electron chi connectivity index (χ2n) is 6.98. The number of amides is 1. The fourth-order valence-corrected chi connectivity index (χ4v) is 3.70. The summed E-state index contributed by atoms with van der Waals surface area (Å²) in [7, 11) is 3.63. The molecule has 0 bridgehead atoms. The summed E-state index contributed by atoms with van der Waals surface area (Å²) >= 11 is 0. The van der Waals surface area contributed by atoms with Gasteiger partial charge in [0, 0.05) is 24.2 Å². The fraction of sp³-hybridized carbons (Fsp3) is 0.348. The summed E-state index contributed by atoms with van der Waals surface area (Å²) in [6.45, 7) is 2.56. The van der Waals surface area contributed by atoms with Crippen LogP contribution < -0.4 is 10.1 Å². The lowest BCUT2D eigenvalue weighted by Gasteiger charge is -2.33. The van der Waals surface area contributed by atoms with Gasteiger partial charge in [0.15, 0.2) is 0 Å². The number of nitrogens with one attached hydrogen (secondary N) is 1. The van der Waals surface area contributed by atoms with Crippen LogP contribution in [-0.2, 0) is 4.79 Å². The van der Waals surface area contributed by atoms with Gasteiger partial charge in [0.05, 0.1) is 7.11 Å². The normalized spacial score (nSPS) is 17.6. The van der Waals surface area contributed by atoms with E-state index in [0.29, 0.717) is 11.5 Å². The van der Waals surface area contributed by atoms with Gasteiger partial charge in [-0.3, -0.25) is 4.79 Å². The van der Waals surface area contributed by atoms with Gasteiger partial charge >= 0.3 is 0 Å². The van der Waals surface area contributed by atoms with Crippen LogP contribution in [0.2, 0.25) is 0 Å². The average Bonchev–Trinajstić information content (AvgIpc) is 2.73. The van der Waals surface area contributed by atoms with E-state index >= 15 is 0 Å². The van der Waals surface area contributed by atoms with Crippen LogP contribution in [0.1, 0.15) is 24.0 Å². The highest BCUT2D eigenvalue weighted by atomic mass is 16.5. The SMILES string of the molecule is CNCC1CCCN(C(=O)C(=Cc2ccccc2OC)c2ccccc2)C1. The van der Waals surface area contributed by atoms with E-state index < -0.39 is 0 Å². The third-order valence-corrected chi connectivity index (χ3v) is 5.05. The van der Waals surface area contributed by atoms with Crippen LogP contribution in [0, 0.1) is 5.92 Å². The molecule has 1 heterocycles. The predicted molar refractivity (Wildman–Crippen MR) is 111 cm³/mol. The van der Waals surface area contributed by atoms with Gasteiger partial charge in [-0.25, -0.2) is 0 Å². The summed E-state index contributed by atoms with van der Waals surface area (Å²) in [5, 5.41) is 3.24. The van der Waals surface area contributed by atoms with Crippen molar-refractivity contribution in [3.63, 3.8) is 0 Å². The second kappa shape index (κ2) is 9.38. The third-order valence-electron chi connectivity index (χ3n) is 5.05. The molecule has 0 radical (unpaired) electrons. The number of carbonyl (C=O) groups excluding carboxylic acids is 1. The first kappa shape index (κ1) is 19.2. The molecule has 1 fully saturated rings. The van der Waals surface area contributed by atoms with Crippen molar-refractivity contribution in [3.8, 4) is 5.75 Å². The molecule has 0 saturated carbocycles. The lowest BCUT2D eigenvalue weighted by atomic mass is 9.95. The number of benzene rings is 2. The van der Waals surface area contributed by atoms with Crippen molar-refractivity contribution in [2.24, 2.45) is 5.92 Å². The summed E-state index contributed by atoms with van der Waals surface area (Å²) in [5.41, 5.74) is 2.56. The first-order chi connectivity index (χ1) is 13.2. The maximum atomic E-state index is 13.4. The zero-order valence-corrected chi connectivity index (χ0v) is 16.2. The number of hydrogen-bond donors (Lipinski definition) is 1. The van der Waals surface area contributed by atoms with E-state index in [1.165, 1.54) is 6.42 Å². The monoisotopic (exact) mass is 364 g/mol. The molecular weight excluding hydrogens is 336 g/mol. The van der Waals surface area contributed by atoms with E-state index in [9.17, 15) is 4.79 Å². The number of carbonyl (C=O) groups is 1. The average molecular weight is 364 g/mol. The molecule has 4 heteroatoms. The number of para-hydroxylation sites is 1. The first-order valence-corrected chi connectivity index (χ1v) is 9.57. The maximum Gasteiger partial charge on any atom is 0.254 e. The highest BCUT2D eigenvalue weighted by Gasteiger charge is 2.26. The minimum absolute atomic E-state index is 0.0907. The Morgan fingerprint density at radius 2 is 1.93 bits per heavy atom. The van der Waals surface area contributed by atoms with Crippen LogP contribution in [0.5, 0.6) is 5.75 Å². The van der Waals surface area contributed by atoms with E-state index in [-0.39, 0.29) is 5.91 Å². The Kier molecular flexibility index (Phi) is 6.66. The van der Waals surface area contributed by atoms with Gasteiger partial charge in [-0.2, -0.15) is 0 Å². The molecule has 0 aliphatic carbocycles. The molecule has 0 spiro atoms. The minimum atomic E-state index is 0.0907. The number of ether oxygens (including phenoxy) is 1. The molecule has 0 aromatic heterocycles. The van der Waals surface area contributed by atoms with Gasteiger partial charge in [-0.1, -0.05) is 48.5 Å². The standard InChI is InChI=1S/C23H28N2O2/c1-24-16-18-9-8-14-25(17-18)23(26)21(19-10-4-3-5-11-19)15-20-12-6-7-13-22(20)27-2/h3-7,10-13,15,18,24H,8-9,14,16-17H2,1-2H3. The van der Waals surface area contributed by atoms with E-state index in [1.54, 1.807) is 7.11 Å². The molecule has 1 atom stereocenters. The first-order valence-electron chi connectivity index (χ1n) is 9.57. The van der Waals surface area contributed by atoms with E-state index in [0.717, 1.165) is 42.9 Å². The number of likely N-dealkylation sites (tertiary alicyclic amines) is 1. The van der Waals surface area contributed by atoms with Crippen molar-refractivity contribution in [2.45, 2.75) is 12.8 Å². The van der Waals surface area contributed by atoms with Gasteiger partial charge in [0.25, 0.3) is 5.91 Å². The van der Waals surface area contributed by atoms with Gasteiger partial charge in [0.1, 0.15) is 5.75 Å². The summed E-state index contributed by atoms with van der Waals surface area (Å²) in [6, 6.07) is 17.7. The number of nitrogens with zero attached hydrogens (tertiary/aromatic N) is 1. The topological polar surface area (TPSA) is 41.6 Å². The molecule has 1 saturated heterocycles. The zero-order chi connectivity index (χ0) is 19.1. The van der Waals surface area contributed by atoms with Crippen LogP contribution in [0.4, 0.5) is 0 Å². The molecule has 27 heavy (non-hydrogen) atoms. The van der Waals surface area contributed by atoms with Gasteiger partial charge < -0.3 is 15.0 Å². The molecule has 3 rings (SSSR count). The number of methoxy groups -OCH3 is 1. The molecule has 1 aliphatic heterocycles. The Hall–Kier alpha value is -2.59. The highest BCUT2D eigenvalue weighted by molar-refractivity contribution is 6.24. The third kappa shape index (κ3) is 4.77. The van der Waals surface area contributed by atoms with Crippen molar-refractivity contribution in [3.05, 3.63) is 65.7 Å². The lowest BCUT2D eigenvalue weighted by molar-refractivity contribution is -0.126. The highest BCUT2D eigenvalue weighted by Crippen LogP contribution is 2.27. The molecule has 1 amide bonds. The minimum Gasteiger partial charge on any atom is -0.496 e. The molecule has 2 aromatic rings. The predicted octanol–water partition coefficient (Wildman–Crippen LogP) is 3.69. The smallest absolute Gasteiger partial charge is 0.254 e. The summed E-state index contributed by atoms with van der Waals surface area (Å²) in [5.74, 6) is 1.37. The van der Waals surface area contributed by atoms with E-state index in [2.05, 4.69) is 5.32 Å². The van der Waals surface area contributed by atoms with Gasteiger partial charge in [-0.15, -0.1) is 0 Å². The van der Waals surface area contributed by atoms with Crippen LogP contribution in [0.25, 0.3) is 11.6 Å². The number of piperidine rings is 1. The Balaban J connectivity index is 1.95. The Morgan fingerprint density at radius 3 is 2.67 bits per heavy atom. The lowest BCUT2D eigenvalue weighted by Crippen LogP contribution is -2.42. The molecule has 142 valence electrons. The van der Waals surface area contributed by atoms with Crippen LogP contribution >= 0.6 is 0 Å². The van der Waals surface area contributed by atoms with Crippen LogP contribution in [0.3, 0.4) is 0 Å². The van der Waals surface area contributed by atoms with Crippen molar-refractivity contribution in [1.82, 2.24) is 10.2 Å². The molecule has 1 aliphatic rings. The van der Waals surface area contributed by atoms with Crippen LogP contribution in [-0.4, -0.2) is 44.6 Å².